The fourth-order valence-electron chi connectivity index (χ4n) is 2.84. The molecule has 1 aromatic rings. The molecule has 2 atom stereocenters. The van der Waals surface area contributed by atoms with Crippen molar-refractivity contribution >= 4 is 0 Å². The molecular weight excluding hydrogens is 267 g/mol. The molecule has 0 aromatic heterocycles. The molecule has 0 saturated heterocycles. The van der Waals surface area contributed by atoms with Gasteiger partial charge in [-0.05, 0) is 49.4 Å². The number of ether oxygens (including phenoxy) is 1. The van der Waals surface area contributed by atoms with E-state index in [1.165, 1.54) is 5.56 Å². The van der Waals surface area contributed by atoms with E-state index in [0.717, 1.165) is 30.6 Å². The summed E-state index contributed by atoms with van der Waals surface area (Å²) in [4.78, 5) is 0. The van der Waals surface area contributed by atoms with E-state index in [9.17, 15) is 13.2 Å². The predicted octanol–water partition coefficient (Wildman–Crippen LogP) is 4.00. The summed E-state index contributed by atoms with van der Waals surface area (Å²) in [7, 11) is 1.62. The summed E-state index contributed by atoms with van der Waals surface area (Å²) >= 11 is 0. The molecule has 0 amide bonds. The number of aryl methyl sites for hydroxylation is 1. The summed E-state index contributed by atoms with van der Waals surface area (Å²) in [6.07, 6.45) is -2.10. The van der Waals surface area contributed by atoms with Crippen molar-refractivity contribution in [3.8, 4) is 5.75 Å². The molecule has 112 valence electrons. The van der Waals surface area contributed by atoms with Gasteiger partial charge in [0.25, 0.3) is 0 Å². The molecule has 5 heteroatoms. The first-order valence-electron chi connectivity index (χ1n) is 6.88. The lowest BCUT2D eigenvalue weighted by molar-refractivity contribution is -0.139. The Labute approximate surface area is 117 Å². The molecule has 0 radical (unpaired) electrons. The standard InChI is InChI=1S/C15H20F3NO/c1-10(9-15(16,17)18)19-14-5-3-4-11-8-12(20-2)6-7-13(11)14/h6-8,10,14,19H,3-5,9H2,1-2H3. The fraction of sp³-hybridized carbons (Fsp3) is 0.600. The van der Waals surface area contributed by atoms with Gasteiger partial charge in [-0.25, -0.2) is 0 Å². The van der Waals surface area contributed by atoms with Gasteiger partial charge in [-0.2, -0.15) is 13.2 Å². The number of fused-ring (bicyclic) bond motifs is 1. The van der Waals surface area contributed by atoms with Crippen LogP contribution in [0.25, 0.3) is 0 Å². The normalized spacial score (nSPS) is 20.4. The third-order valence-electron chi connectivity index (χ3n) is 3.69. The molecule has 0 saturated carbocycles. The molecule has 1 aliphatic rings. The molecule has 2 unspecified atom stereocenters. The minimum absolute atomic E-state index is 0.00186. The van der Waals surface area contributed by atoms with Gasteiger partial charge < -0.3 is 10.1 Å². The van der Waals surface area contributed by atoms with Crippen LogP contribution < -0.4 is 10.1 Å². The smallest absolute Gasteiger partial charge is 0.390 e. The zero-order valence-corrected chi connectivity index (χ0v) is 11.8. The minimum atomic E-state index is -4.12. The molecule has 2 nitrogen and oxygen atoms in total. The second-order valence-corrected chi connectivity index (χ2v) is 5.40. The number of alkyl halides is 3. The maximum absolute atomic E-state index is 12.4. The largest absolute Gasteiger partial charge is 0.497 e. The zero-order chi connectivity index (χ0) is 14.8. The number of benzene rings is 1. The molecule has 0 aliphatic heterocycles. The number of hydrogen-bond acceptors (Lipinski definition) is 2. The van der Waals surface area contributed by atoms with Gasteiger partial charge >= 0.3 is 6.18 Å². The summed E-state index contributed by atoms with van der Waals surface area (Å²) in [5, 5.41) is 3.11. The molecule has 0 heterocycles. The first kappa shape index (κ1) is 15.2. The van der Waals surface area contributed by atoms with Crippen molar-refractivity contribution in [2.24, 2.45) is 0 Å². The van der Waals surface area contributed by atoms with E-state index < -0.39 is 18.6 Å². The van der Waals surface area contributed by atoms with Gasteiger partial charge in [0.2, 0.25) is 0 Å². The molecule has 1 aliphatic carbocycles. The van der Waals surface area contributed by atoms with Gasteiger partial charge in [0, 0.05) is 12.1 Å². The van der Waals surface area contributed by atoms with Crippen molar-refractivity contribution in [1.29, 1.82) is 0 Å². The maximum Gasteiger partial charge on any atom is 0.390 e. The fourth-order valence-corrected chi connectivity index (χ4v) is 2.84. The van der Waals surface area contributed by atoms with E-state index in [0.29, 0.717) is 0 Å². The Balaban J connectivity index is 2.08. The molecule has 2 rings (SSSR count). The van der Waals surface area contributed by atoms with Crippen LogP contribution in [0.3, 0.4) is 0 Å². The van der Waals surface area contributed by atoms with E-state index >= 15 is 0 Å². The van der Waals surface area contributed by atoms with Crippen LogP contribution in [0.4, 0.5) is 13.2 Å². The number of methoxy groups -OCH3 is 1. The Hall–Kier alpha value is -1.23. The highest BCUT2D eigenvalue weighted by molar-refractivity contribution is 5.39. The maximum atomic E-state index is 12.4. The molecule has 1 aromatic carbocycles. The van der Waals surface area contributed by atoms with E-state index in [4.69, 9.17) is 4.74 Å². The third-order valence-corrected chi connectivity index (χ3v) is 3.69. The molecular formula is C15H20F3NO. The Morgan fingerprint density at radius 2 is 2.15 bits per heavy atom. The molecule has 1 N–H and O–H groups in total. The van der Waals surface area contributed by atoms with Crippen LogP contribution in [0, 0.1) is 0 Å². The molecule has 0 bridgehead atoms. The van der Waals surface area contributed by atoms with Crippen LogP contribution in [0.5, 0.6) is 5.75 Å². The minimum Gasteiger partial charge on any atom is -0.497 e. The lowest BCUT2D eigenvalue weighted by Crippen LogP contribution is -2.35. The van der Waals surface area contributed by atoms with E-state index in [-0.39, 0.29) is 6.04 Å². The van der Waals surface area contributed by atoms with Crippen molar-refractivity contribution in [3.05, 3.63) is 29.3 Å². The number of hydrogen-bond donors (Lipinski definition) is 1. The highest BCUT2D eigenvalue weighted by atomic mass is 19.4. The van der Waals surface area contributed by atoms with E-state index in [1.807, 2.05) is 18.2 Å². The quantitative estimate of drug-likeness (QED) is 0.903. The lowest BCUT2D eigenvalue weighted by Gasteiger charge is -2.30. The third kappa shape index (κ3) is 3.88. The van der Waals surface area contributed by atoms with Crippen LogP contribution in [-0.2, 0) is 6.42 Å². The van der Waals surface area contributed by atoms with Crippen molar-refractivity contribution in [1.82, 2.24) is 5.32 Å². The molecule has 20 heavy (non-hydrogen) atoms. The first-order chi connectivity index (χ1) is 9.39. The van der Waals surface area contributed by atoms with Gasteiger partial charge in [-0.15, -0.1) is 0 Å². The summed E-state index contributed by atoms with van der Waals surface area (Å²) in [5.74, 6) is 0.799. The number of nitrogens with one attached hydrogen (secondary N) is 1. The Kier molecular flexibility index (Phi) is 4.58. The summed E-state index contributed by atoms with van der Waals surface area (Å²) in [5.41, 5.74) is 2.28. The monoisotopic (exact) mass is 287 g/mol. The Bertz CT molecular complexity index is 459. The summed E-state index contributed by atoms with van der Waals surface area (Å²) in [6, 6.07) is 5.24. The van der Waals surface area contributed by atoms with Gasteiger partial charge in [0.05, 0.1) is 13.5 Å². The predicted molar refractivity (Wildman–Crippen MR) is 71.9 cm³/mol. The first-order valence-corrected chi connectivity index (χ1v) is 6.88. The van der Waals surface area contributed by atoms with Crippen LogP contribution in [-0.4, -0.2) is 19.3 Å². The lowest BCUT2D eigenvalue weighted by atomic mass is 9.87. The highest BCUT2D eigenvalue weighted by Crippen LogP contribution is 2.33. The van der Waals surface area contributed by atoms with Crippen LogP contribution in [0.2, 0.25) is 0 Å². The Morgan fingerprint density at radius 1 is 1.40 bits per heavy atom. The number of halogens is 3. The van der Waals surface area contributed by atoms with Gasteiger partial charge in [-0.1, -0.05) is 6.07 Å². The van der Waals surface area contributed by atoms with Crippen molar-refractivity contribution < 1.29 is 17.9 Å². The highest BCUT2D eigenvalue weighted by Gasteiger charge is 2.31. The Morgan fingerprint density at radius 3 is 2.80 bits per heavy atom. The van der Waals surface area contributed by atoms with Gasteiger partial charge in [0.1, 0.15) is 5.75 Å². The molecule has 0 fully saturated rings. The van der Waals surface area contributed by atoms with Crippen molar-refractivity contribution in [2.75, 3.05) is 7.11 Å². The van der Waals surface area contributed by atoms with Crippen LogP contribution in [0.1, 0.15) is 43.4 Å². The number of rotatable bonds is 4. The topological polar surface area (TPSA) is 21.3 Å². The van der Waals surface area contributed by atoms with Crippen LogP contribution >= 0.6 is 0 Å². The zero-order valence-electron chi connectivity index (χ0n) is 11.8. The van der Waals surface area contributed by atoms with Crippen LogP contribution in [0.15, 0.2) is 18.2 Å². The van der Waals surface area contributed by atoms with Gasteiger partial charge in [-0.3, -0.25) is 0 Å². The van der Waals surface area contributed by atoms with Crippen molar-refractivity contribution in [3.63, 3.8) is 0 Å². The second kappa shape index (κ2) is 6.04. The average molecular weight is 287 g/mol. The van der Waals surface area contributed by atoms with E-state index in [2.05, 4.69) is 5.32 Å². The van der Waals surface area contributed by atoms with Gasteiger partial charge in [0.15, 0.2) is 0 Å². The molecule has 0 spiro atoms. The van der Waals surface area contributed by atoms with Crippen molar-refractivity contribution in [2.45, 2.75) is 50.9 Å². The summed E-state index contributed by atoms with van der Waals surface area (Å²) < 4.78 is 42.4. The second-order valence-electron chi connectivity index (χ2n) is 5.40. The SMILES string of the molecule is COc1ccc2c(c1)CCCC2NC(C)CC(F)(F)F. The summed E-state index contributed by atoms with van der Waals surface area (Å²) in [6.45, 7) is 1.59. The van der Waals surface area contributed by atoms with E-state index in [1.54, 1.807) is 14.0 Å². The average Bonchev–Trinajstić information content (AvgIpc) is 2.36.